The van der Waals surface area contributed by atoms with Crippen LogP contribution < -0.4 is 14.8 Å². The van der Waals surface area contributed by atoms with Crippen LogP contribution in [0.1, 0.15) is 44.9 Å². The Morgan fingerprint density at radius 1 is 1.26 bits per heavy atom. The van der Waals surface area contributed by atoms with E-state index in [0.29, 0.717) is 40.6 Å². The molecule has 0 atom stereocenters. The lowest BCUT2D eigenvalue weighted by molar-refractivity contribution is -0.120. The van der Waals surface area contributed by atoms with Crippen molar-refractivity contribution in [1.82, 2.24) is 19.9 Å². The molecule has 2 aromatic heterocycles. The standard InChI is InChI=1S/C24H27FN6O2S/c1-5-33-21-13-26-12-19(28-21)16-11-17(25)18(10-14(16)2)29-22(32)24(3,4)20-8-9-27-23(30-20)31-34-15-6-7-15/h8-13,15H,5-7H2,1-4H3,(H,29,32)(H,27,30,31). The molecule has 10 heteroatoms. The van der Waals surface area contributed by atoms with Crippen molar-refractivity contribution in [3.05, 3.63) is 53.9 Å². The molecule has 2 N–H and O–H groups in total. The van der Waals surface area contributed by atoms with Gasteiger partial charge in [-0.05, 0) is 76.2 Å². The van der Waals surface area contributed by atoms with Crippen molar-refractivity contribution in [3.63, 3.8) is 0 Å². The largest absolute Gasteiger partial charge is 0.477 e. The van der Waals surface area contributed by atoms with Gasteiger partial charge >= 0.3 is 0 Å². The second-order valence-electron chi connectivity index (χ2n) is 8.59. The minimum absolute atomic E-state index is 0.0879. The lowest BCUT2D eigenvalue weighted by Gasteiger charge is -2.24. The van der Waals surface area contributed by atoms with Crippen LogP contribution in [0.15, 0.2) is 36.8 Å². The van der Waals surface area contributed by atoms with Gasteiger partial charge in [0.05, 0.1) is 41.5 Å². The number of ether oxygens (including phenoxy) is 1. The Bertz CT molecular complexity index is 1200. The van der Waals surface area contributed by atoms with E-state index in [1.54, 1.807) is 50.3 Å². The second-order valence-corrected chi connectivity index (χ2v) is 9.69. The first kappa shape index (κ1) is 23.9. The number of carbonyl (C=O) groups is 1. The van der Waals surface area contributed by atoms with E-state index >= 15 is 4.39 Å². The van der Waals surface area contributed by atoms with E-state index in [1.807, 2.05) is 13.8 Å². The Kier molecular flexibility index (Phi) is 6.97. The molecule has 0 unspecified atom stereocenters. The lowest BCUT2D eigenvalue weighted by Crippen LogP contribution is -2.36. The molecule has 3 aromatic rings. The summed E-state index contributed by atoms with van der Waals surface area (Å²) in [5.74, 6) is -0.124. The number of anilines is 2. The third-order valence-electron chi connectivity index (χ3n) is 5.45. The summed E-state index contributed by atoms with van der Waals surface area (Å²) in [6, 6.07) is 4.63. The summed E-state index contributed by atoms with van der Waals surface area (Å²) in [6.45, 7) is 7.62. The van der Waals surface area contributed by atoms with Gasteiger partial charge in [-0.2, -0.15) is 0 Å². The quantitative estimate of drug-likeness (QED) is 0.415. The summed E-state index contributed by atoms with van der Waals surface area (Å²) >= 11 is 1.59. The lowest BCUT2D eigenvalue weighted by atomic mass is 9.87. The fourth-order valence-electron chi connectivity index (χ4n) is 3.22. The number of aromatic nitrogens is 4. The van der Waals surface area contributed by atoms with Crippen molar-refractivity contribution in [3.8, 4) is 17.1 Å². The summed E-state index contributed by atoms with van der Waals surface area (Å²) in [4.78, 5) is 30.4. The summed E-state index contributed by atoms with van der Waals surface area (Å²) in [5, 5.41) is 3.31. The third-order valence-corrected chi connectivity index (χ3v) is 6.55. The minimum Gasteiger partial charge on any atom is -0.477 e. The molecular formula is C24H27FN6O2S. The molecule has 1 saturated carbocycles. The van der Waals surface area contributed by atoms with Crippen molar-refractivity contribution in [2.24, 2.45) is 0 Å². The summed E-state index contributed by atoms with van der Waals surface area (Å²) in [5.41, 5.74) is 1.41. The molecule has 178 valence electrons. The smallest absolute Gasteiger partial charge is 0.236 e. The molecule has 8 nitrogen and oxygen atoms in total. The van der Waals surface area contributed by atoms with Crippen LogP contribution in [0.25, 0.3) is 11.3 Å². The topological polar surface area (TPSA) is 102 Å². The molecule has 1 amide bonds. The highest BCUT2D eigenvalue weighted by molar-refractivity contribution is 8.01. The first-order chi connectivity index (χ1) is 16.3. The molecule has 1 aromatic carbocycles. The fourth-order valence-corrected chi connectivity index (χ4v) is 3.96. The number of nitrogens with one attached hydrogen (secondary N) is 2. The number of hydrogen-bond donors (Lipinski definition) is 2. The van der Waals surface area contributed by atoms with E-state index in [9.17, 15) is 4.79 Å². The van der Waals surface area contributed by atoms with Crippen LogP contribution in [0, 0.1) is 12.7 Å². The molecule has 1 aliphatic carbocycles. The Morgan fingerprint density at radius 3 is 2.79 bits per heavy atom. The van der Waals surface area contributed by atoms with E-state index in [-0.39, 0.29) is 11.6 Å². The Balaban J connectivity index is 1.52. The maximum Gasteiger partial charge on any atom is 0.236 e. The highest BCUT2D eigenvalue weighted by Gasteiger charge is 2.33. The molecule has 0 aliphatic heterocycles. The number of halogens is 1. The predicted molar refractivity (Wildman–Crippen MR) is 131 cm³/mol. The molecule has 4 rings (SSSR count). The zero-order chi connectivity index (χ0) is 24.3. The summed E-state index contributed by atoms with van der Waals surface area (Å²) < 4.78 is 23.6. The van der Waals surface area contributed by atoms with Crippen LogP contribution in [-0.2, 0) is 10.2 Å². The van der Waals surface area contributed by atoms with Crippen molar-refractivity contribution >= 4 is 29.5 Å². The van der Waals surface area contributed by atoms with E-state index in [1.165, 1.54) is 25.1 Å². The number of benzene rings is 1. The molecule has 0 saturated heterocycles. The van der Waals surface area contributed by atoms with Crippen LogP contribution in [0.2, 0.25) is 0 Å². The summed E-state index contributed by atoms with van der Waals surface area (Å²) in [6.07, 6.45) is 7.03. The Labute approximate surface area is 202 Å². The monoisotopic (exact) mass is 482 g/mol. The number of aryl methyl sites for hydroxylation is 1. The van der Waals surface area contributed by atoms with E-state index in [0.717, 1.165) is 5.56 Å². The van der Waals surface area contributed by atoms with Crippen LogP contribution in [0.3, 0.4) is 0 Å². The highest BCUT2D eigenvalue weighted by Crippen LogP contribution is 2.34. The Morgan fingerprint density at radius 2 is 2.06 bits per heavy atom. The maximum absolute atomic E-state index is 15.0. The van der Waals surface area contributed by atoms with Gasteiger partial charge in [0.2, 0.25) is 17.7 Å². The maximum atomic E-state index is 15.0. The van der Waals surface area contributed by atoms with Gasteiger partial charge in [-0.15, -0.1) is 0 Å². The molecule has 2 heterocycles. The molecule has 34 heavy (non-hydrogen) atoms. The predicted octanol–water partition coefficient (Wildman–Crippen LogP) is 4.92. The van der Waals surface area contributed by atoms with Crippen molar-refractivity contribution in [2.45, 2.75) is 51.2 Å². The number of hydrogen-bond acceptors (Lipinski definition) is 8. The van der Waals surface area contributed by atoms with Crippen molar-refractivity contribution < 1.29 is 13.9 Å². The van der Waals surface area contributed by atoms with Gasteiger partial charge in [-0.1, -0.05) is 0 Å². The van der Waals surface area contributed by atoms with Gasteiger partial charge in [0, 0.05) is 17.0 Å². The zero-order valence-electron chi connectivity index (χ0n) is 19.6. The van der Waals surface area contributed by atoms with E-state index in [2.05, 4.69) is 30.0 Å². The number of rotatable bonds is 9. The summed E-state index contributed by atoms with van der Waals surface area (Å²) in [7, 11) is 0. The van der Waals surface area contributed by atoms with Crippen LogP contribution in [0.4, 0.5) is 16.0 Å². The van der Waals surface area contributed by atoms with Crippen LogP contribution in [0.5, 0.6) is 5.88 Å². The SMILES string of the molecule is CCOc1cncc(-c2cc(F)c(NC(=O)C(C)(C)c3ccnc(NSC4CC4)n3)cc2C)n1. The van der Waals surface area contributed by atoms with E-state index in [4.69, 9.17) is 4.74 Å². The second kappa shape index (κ2) is 9.92. The normalized spacial score (nSPS) is 13.4. The molecule has 0 bridgehead atoms. The number of carbonyl (C=O) groups excluding carboxylic acids is 1. The highest BCUT2D eigenvalue weighted by atomic mass is 32.2. The fraction of sp³-hybridized carbons (Fsp3) is 0.375. The number of nitrogens with zero attached hydrogens (tertiary/aromatic N) is 4. The number of amides is 1. The van der Waals surface area contributed by atoms with Gasteiger partial charge in [0.15, 0.2) is 0 Å². The van der Waals surface area contributed by atoms with Crippen LogP contribution >= 0.6 is 11.9 Å². The molecule has 0 radical (unpaired) electrons. The van der Waals surface area contributed by atoms with E-state index < -0.39 is 11.2 Å². The van der Waals surface area contributed by atoms with Gasteiger partial charge in [-0.3, -0.25) is 14.5 Å². The minimum atomic E-state index is -1.01. The first-order valence-electron chi connectivity index (χ1n) is 11.1. The average molecular weight is 483 g/mol. The van der Waals surface area contributed by atoms with Gasteiger partial charge in [-0.25, -0.2) is 19.3 Å². The van der Waals surface area contributed by atoms with Gasteiger partial charge < -0.3 is 10.1 Å². The van der Waals surface area contributed by atoms with Crippen molar-refractivity contribution in [1.29, 1.82) is 0 Å². The Hall–Kier alpha value is -3.27. The van der Waals surface area contributed by atoms with Crippen molar-refractivity contribution in [2.75, 3.05) is 16.6 Å². The average Bonchev–Trinajstić information content (AvgIpc) is 3.65. The van der Waals surface area contributed by atoms with Crippen LogP contribution in [-0.4, -0.2) is 37.7 Å². The first-order valence-corrected chi connectivity index (χ1v) is 12.0. The molecule has 1 aliphatic rings. The molecule has 1 fully saturated rings. The molecule has 0 spiro atoms. The third kappa shape index (κ3) is 5.44. The van der Waals surface area contributed by atoms with Gasteiger partial charge in [0.25, 0.3) is 0 Å². The zero-order valence-corrected chi connectivity index (χ0v) is 20.4. The molecular weight excluding hydrogens is 455 g/mol. The van der Waals surface area contributed by atoms with Gasteiger partial charge in [0.1, 0.15) is 5.82 Å².